The fraction of sp³-hybridized carbons (Fsp3) is 0.375. The van der Waals surface area contributed by atoms with E-state index >= 15 is 0 Å². The van der Waals surface area contributed by atoms with Gasteiger partial charge in [0.25, 0.3) is 11.8 Å². The molecule has 1 aliphatic heterocycles. The molecule has 0 radical (unpaired) electrons. The number of esters is 1. The number of hydrogen-bond acceptors (Lipinski definition) is 5. The Bertz CT molecular complexity index is 722. The molecule has 1 aliphatic rings. The highest BCUT2D eigenvalue weighted by atomic mass is 19.1. The van der Waals surface area contributed by atoms with Gasteiger partial charge in [-0.15, -0.1) is 0 Å². The number of rotatable bonds is 6. The lowest BCUT2D eigenvalue weighted by Gasteiger charge is -2.14. The van der Waals surface area contributed by atoms with Crippen LogP contribution in [0.2, 0.25) is 0 Å². The molecule has 0 aromatic heterocycles. The van der Waals surface area contributed by atoms with Crippen LogP contribution >= 0.6 is 0 Å². The van der Waals surface area contributed by atoms with Crippen molar-refractivity contribution in [2.24, 2.45) is 0 Å². The molecule has 3 N–H and O–H groups in total. The summed E-state index contributed by atoms with van der Waals surface area (Å²) in [6.45, 7) is 3.06. The Morgan fingerprint density at radius 3 is 2.68 bits per heavy atom. The number of carbonyl (C=O) groups excluding carboxylic acids is 4. The third-order valence-corrected chi connectivity index (χ3v) is 3.56. The third kappa shape index (κ3) is 5.00. The van der Waals surface area contributed by atoms with Crippen LogP contribution in [-0.2, 0) is 19.1 Å². The lowest BCUT2D eigenvalue weighted by Crippen LogP contribution is -2.32. The molecule has 134 valence electrons. The maximum Gasteiger partial charge on any atom is 0.322 e. The van der Waals surface area contributed by atoms with Crippen molar-refractivity contribution in [3.63, 3.8) is 0 Å². The van der Waals surface area contributed by atoms with Gasteiger partial charge in [-0.1, -0.05) is 6.07 Å². The second-order valence-electron chi connectivity index (χ2n) is 5.66. The van der Waals surface area contributed by atoms with Crippen molar-refractivity contribution < 1.29 is 28.3 Å². The Balaban J connectivity index is 1.80. The van der Waals surface area contributed by atoms with Gasteiger partial charge in [-0.25, -0.2) is 9.18 Å². The number of halogens is 1. The smallest absolute Gasteiger partial charge is 0.322 e. The van der Waals surface area contributed by atoms with Gasteiger partial charge in [0.15, 0.2) is 6.10 Å². The van der Waals surface area contributed by atoms with Crippen LogP contribution in [0.3, 0.4) is 0 Å². The third-order valence-electron chi connectivity index (χ3n) is 3.56. The zero-order chi connectivity index (χ0) is 18.6. The molecule has 0 bridgehead atoms. The summed E-state index contributed by atoms with van der Waals surface area (Å²) < 4.78 is 18.7. The summed E-state index contributed by atoms with van der Waals surface area (Å²) in [5.74, 6) is -2.49. The number of benzene rings is 1. The molecular formula is C16H18FN3O5. The van der Waals surface area contributed by atoms with Crippen molar-refractivity contribution >= 4 is 29.5 Å². The first-order chi connectivity index (χ1) is 11.8. The highest BCUT2D eigenvalue weighted by molar-refractivity contribution is 6.04. The van der Waals surface area contributed by atoms with Gasteiger partial charge in [-0.05, 0) is 38.0 Å². The van der Waals surface area contributed by atoms with Gasteiger partial charge in [0.2, 0.25) is 0 Å². The average molecular weight is 351 g/mol. The summed E-state index contributed by atoms with van der Waals surface area (Å²) >= 11 is 0. The number of carbonyl (C=O) groups is 4. The quantitative estimate of drug-likeness (QED) is 0.522. The molecule has 1 heterocycles. The largest absolute Gasteiger partial charge is 0.453 e. The lowest BCUT2D eigenvalue weighted by atomic mass is 10.1. The van der Waals surface area contributed by atoms with E-state index in [-0.39, 0.29) is 18.5 Å². The van der Waals surface area contributed by atoms with E-state index in [9.17, 15) is 23.6 Å². The molecule has 8 nitrogen and oxygen atoms in total. The van der Waals surface area contributed by atoms with Crippen molar-refractivity contribution in [3.05, 3.63) is 29.6 Å². The van der Waals surface area contributed by atoms with E-state index in [0.717, 1.165) is 0 Å². The molecular weight excluding hydrogens is 333 g/mol. The SMILES string of the molecule is Cc1ccc(NC(=O)[C@H](C)OC(=O)CC[C@@H]2NC(=O)NC2=O)c(F)c1. The number of ether oxygens (including phenoxy) is 1. The van der Waals surface area contributed by atoms with Crippen molar-refractivity contribution in [1.29, 1.82) is 0 Å². The predicted octanol–water partition coefficient (Wildman–Crippen LogP) is 0.993. The summed E-state index contributed by atoms with van der Waals surface area (Å²) in [6.07, 6.45) is -1.24. The van der Waals surface area contributed by atoms with Gasteiger partial charge in [-0.2, -0.15) is 0 Å². The maximum absolute atomic E-state index is 13.7. The topological polar surface area (TPSA) is 114 Å². The van der Waals surface area contributed by atoms with E-state index in [1.165, 1.54) is 19.1 Å². The first kappa shape index (κ1) is 18.4. The summed E-state index contributed by atoms with van der Waals surface area (Å²) in [7, 11) is 0. The summed E-state index contributed by atoms with van der Waals surface area (Å²) in [6, 6.07) is 2.91. The van der Waals surface area contributed by atoms with Crippen LogP contribution in [0.5, 0.6) is 0 Å². The molecule has 4 amide bonds. The van der Waals surface area contributed by atoms with E-state index in [0.29, 0.717) is 5.56 Å². The van der Waals surface area contributed by atoms with Crippen LogP contribution in [0.25, 0.3) is 0 Å². The van der Waals surface area contributed by atoms with Crippen LogP contribution in [0.15, 0.2) is 18.2 Å². The van der Waals surface area contributed by atoms with Crippen molar-refractivity contribution in [1.82, 2.24) is 10.6 Å². The van der Waals surface area contributed by atoms with Crippen molar-refractivity contribution in [2.45, 2.75) is 38.8 Å². The maximum atomic E-state index is 13.7. The monoisotopic (exact) mass is 351 g/mol. The first-order valence-corrected chi connectivity index (χ1v) is 7.64. The van der Waals surface area contributed by atoms with Crippen LogP contribution in [-0.4, -0.2) is 36.0 Å². The minimum Gasteiger partial charge on any atom is -0.453 e. The summed E-state index contributed by atoms with van der Waals surface area (Å²) in [5, 5.41) is 6.74. The Morgan fingerprint density at radius 2 is 2.08 bits per heavy atom. The standard InChI is InChI=1S/C16H18FN3O5/c1-8-3-4-11(10(17)7-8)18-14(22)9(2)25-13(21)6-5-12-15(23)20-16(24)19-12/h3-4,7,9,12H,5-6H2,1-2H3,(H,18,22)(H2,19,20,23,24)/t9-,12-/m0/s1. The molecule has 1 fully saturated rings. The number of imide groups is 1. The number of aryl methyl sites for hydroxylation is 1. The van der Waals surface area contributed by atoms with Gasteiger partial charge in [0, 0.05) is 6.42 Å². The Morgan fingerprint density at radius 1 is 1.36 bits per heavy atom. The zero-order valence-electron chi connectivity index (χ0n) is 13.7. The van der Waals surface area contributed by atoms with Crippen LogP contribution < -0.4 is 16.0 Å². The van der Waals surface area contributed by atoms with E-state index < -0.39 is 41.8 Å². The summed E-state index contributed by atoms with van der Waals surface area (Å²) in [5.41, 5.74) is 0.696. The van der Waals surface area contributed by atoms with Crippen molar-refractivity contribution in [3.8, 4) is 0 Å². The second-order valence-corrected chi connectivity index (χ2v) is 5.66. The molecule has 25 heavy (non-hydrogen) atoms. The Kier molecular flexibility index (Phi) is 5.68. The molecule has 9 heteroatoms. The van der Waals surface area contributed by atoms with E-state index in [1.54, 1.807) is 13.0 Å². The second kappa shape index (κ2) is 7.73. The number of hydrogen-bond donors (Lipinski definition) is 3. The normalized spacial score (nSPS) is 17.5. The summed E-state index contributed by atoms with van der Waals surface area (Å²) in [4.78, 5) is 46.0. The highest BCUT2D eigenvalue weighted by Crippen LogP contribution is 2.16. The lowest BCUT2D eigenvalue weighted by molar-refractivity contribution is -0.153. The van der Waals surface area contributed by atoms with Crippen molar-refractivity contribution in [2.75, 3.05) is 5.32 Å². The number of nitrogens with one attached hydrogen (secondary N) is 3. The fourth-order valence-corrected chi connectivity index (χ4v) is 2.19. The first-order valence-electron chi connectivity index (χ1n) is 7.64. The van der Waals surface area contributed by atoms with E-state index in [2.05, 4.69) is 10.6 Å². The van der Waals surface area contributed by atoms with Gasteiger partial charge >= 0.3 is 12.0 Å². The van der Waals surface area contributed by atoms with Crippen LogP contribution in [0, 0.1) is 12.7 Å². The Labute approximate surface area is 143 Å². The number of anilines is 1. The van der Waals surface area contributed by atoms with Gasteiger partial charge in [0.05, 0.1) is 5.69 Å². The molecule has 0 aliphatic carbocycles. The molecule has 2 atom stereocenters. The van der Waals surface area contributed by atoms with Gasteiger partial charge in [-0.3, -0.25) is 19.7 Å². The van der Waals surface area contributed by atoms with Crippen LogP contribution in [0.4, 0.5) is 14.9 Å². The molecule has 0 unspecified atom stereocenters. The minimum atomic E-state index is -1.14. The fourth-order valence-electron chi connectivity index (χ4n) is 2.19. The van der Waals surface area contributed by atoms with E-state index in [4.69, 9.17) is 4.74 Å². The molecule has 0 saturated carbocycles. The van der Waals surface area contributed by atoms with Gasteiger partial charge in [0.1, 0.15) is 11.9 Å². The molecule has 1 saturated heterocycles. The zero-order valence-corrected chi connectivity index (χ0v) is 13.7. The van der Waals surface area contributed by atoms with Gasteiger partial charge < -0.3 is 15.4 Å². The molecule has 1 aromatic carbocycles. The molecule has 2 rings (SSSR count). The Hall–Kier alpha value is -2.97. The minimum absolute atomic E-state index is 0.0103. The van der Waals surface area contributed by atoms with E-state index in [1.807, 2.05) is 5.32 Å². The highest BCUT2D eigenvalue weighted by Gasteiger charge is 2.30. The number of urea groups is 1. The van der Waals surface area contributed by atoms with Crippen LogP contribution in [0.1, 0.15) is 25.3 Å². The average Bonchev–Trinajstić information content (AvgIpc) is 2.85. The number of amides is 4. The predicted molar refractivity (Wildman–Crippen MR) is 85.0 cm³/mol. The molecule has 1 aromatic rings. The molecule has 0 spiro atoms.